The third-order valence-corrected chi connectivity index (χ3v) is 8.00. The molecule has 224 valence electrons. The Labute approximate surface area is 257 Å². The molecule has 10 nitrogen and oxygen atoms in total. The first-order valence-electron chi connectivity index (χ1n) is 14.2. The van der Waals surface area contributed by atoms with Crippen LogP contribution in [0.15, 0.2) is 85.5 Å². The molecule has 2 aliphatic rings. The number of carbonyl (C=O) groups is 3. The van der Waals surface area contributed by atoms with E-state index >= 15 is 4.39 Å². The molecule has 2 atom stereocenters. The van der Waals surface area contributed by atoms with Crippen molar-refractivity contribution in [1.29, 1.82) is 0 Å². The predicted molar refractivity (Wildman–Crippen MR) is 165 cm³/mol. The Hall–Kier alpha value is -4.90. The first kappa shape index (κ1) is 29.2. The Balaban J connectivity index is 1.17. The lowest BCUT2D eigenvalue weighted by atomic mass is 9.91. The Morgan fingerprint density at radius 1 is 1.09 bits per heavy atom. The number of nitrogens with one attached hydrogen (secondary N) is 2. The van der Waals surface area contributed by atoms with Crippen LogP contribution in [0.3, 0.4) is 0 Å². The molecular formula is C32H29ClFN7O3. The number of alkyl halides is 2. The van der Waals surface area contributed by atoms with Crippen LogP contribution in [-0.2, 0) is 16.1 Å². The number of hydrogen-bond donors (Lipinski definition) is 2. The minimum absolute atomic E-state index is 0.112. The van der Waals surface area contributed by atoms with Crippen molar-refractivity contribution < 1.29 is 18.8 Å². The van der Waals surface area contributed by atoms with Crippen LogP contribution < -0.4 is 10.6 Å². The zero-order valence-corrected chi connectivity index (χ0v) is 24.5. The molecule has 2 aromatic heterocycles. The molecule has 2 aliphatic carbocycles. The number of nitrogens with zero attached hydrogens (tertiary/aromatic N) is 5. The van der Waals surface area contributed by atoms with Crippen LogP contribution in [0.4, 0.5) is 15.8 Å². The number of hydrogen-bond acceptors (Lipinski definition) is 7. The molecule has 2 N–H and O–H groups in total. The van der Waals surface area contributed by atoms with E-state index in [0.29, 0.717) is 27.8 Å². The quantitative estimate of drug-likeness (QED) is 0.194. The summed E-state index contributed by atoms with van der Waals surface area (Å²) < 4.78 is 17.3. The predicted octanol–water partition coefficient (Wildman–Crippen LogP) is 4.81. The number of amides is 2. The minimum Gasteiger partial charge on any atom is -0.353 e. The van der Waals surface area contributed by atoms with E-state index in [9.17, 15) is 14.4 Å². The Bertz CT molecular complexity index is 1790. The van der Waals surface area contributed by atoms with Crippen LogP contribution in [0.5, 0.6) is 0 Å². The molecule has 1 fully saturated rings. The molecular weight excluding hydrogens is 585 g/mol. The largest absolute Gasteiger partial charge is 0.353 e. The molecule has 0 bridgehead atoms. The Morgan fingerprint density at radius 3 is 2.55 bits per heavy atom. The van der Waals surface area contributed by atoms with Crippen LogP contribution >= 0.6 is 11.6 Å². The molecule has 2 amide bonds. The van der Waals surface area contributed by atoms with Crippen molar-refractivity contribution in [3.05, 3.63) is 96.7 Å². The lowest BCUT2D eigenvalue weighted by Crippen LogP contribution is -2.51. The summed E-state index contributed by atoms with van der Waals surface area (Å²) in [5, 5.41) is 8.51. The van der Waals surface area contributed by atoms with Crippen LogP contribution in [0, 0.1) is 0 Å². The summed E-state index contributed by atoms with van der Waals surface area (Å²) >= 11 is 6.37. The molecule has 6 rings (SSSR count). The number of benzene rings is 2. The average molecular weight is 614 g/mol. The second-order valence-electron chi connectivity index (χ2n) is 10.8. The molecule has 0 saturated heterocycles. The number of rotatable bonds is 10. The van der Waals surface area contributed by atoms with Gasteiger partial charge in [-0.1, -0.05) is 60.2 Å². The molecule has 2 aromatic carbocycles. The van der Waals surface area contributed by atoms with E-state index in [1.54, 1.807) is 67.0 Å². The molecule has 1 saturated carbocycles. The lowest BCUT2D eigenvalue weighted by molar-refractivity contribution is -0.137. The zero-order chi connectivity index (χ0) is 30.8. The van der Waals surface area contributed by atoms with Gasteiger partial charge < -0.3 is 15.5 Å². The smallest absolute Gasteiger partial charge is 0.245 e. The van der Waals surface area contributed by atoms with Gasteiger partial charge in [-0.3, -0.25) is 19.1 Å². The maximum absolute atomic E-state index is 15.9. The Morgan fingerprint density at radius 2 is 1.84 bits per heavy atom. The number of allylic oxidation sites excluding steroid dienone is 2. The SMILES string of the molecule is CC(=O)c1nn(CC(=O)N(CC(=O)NC2C=CC=C(c3ccccc3)C2(F)Cl)C2CC2)c2ccc(Nc3cncnc3)cc12. The van der Waals surface area contributed by atoms with Gasteiger partial charge in [-0.15, -0.1) is 0 Å². The van der Waals surface area contributed by atoms with Gasteiger partial charge in [-0.25, -0.2) is 14.4 Å². The van der Waals surface area contributed by atoms with Gasteiger partial charge in [-0.2, -0.15) is 5.10 Å². The van der Waals surface area contributed by atoms with E-state index in [-0.39, 0.29) is 42.1 Å². The average Bonchev–Trinajstić information content (AvgIpc) is 3.79. The van der Waals surface area contributed by atoms with E-state index in [1.165, 1.54) is 28.9 Å². The number of anilines is 2. The molecule has 12 heteroatoms. The molecule has 0 spiro atoms. The van der Waals surface area contributed by atoms with Gasteiger partial charge in [-0.05, 0) is 36.6 Å². The number of aromatic nitrogens is 4. The first-order valence-corrected chi connectivity index (χ1v) is 14.5. The van der Waals surface area contributed by atoms with Crippen molar-refractivity contribution >= 4 is 57.0 Å². The standard InChI is InChI=1S/C32H29ClFN7O3/c1-20(42)31-25-14-22(37-23-15-35-19-36-16-23)10-13-27(25)41(39-31)18-30(44)40(24-11-12-24)17-29(43)38-28-9-5-8-26(32(28,33)34)21-6-3-2-4-7-21/h2-10,13-16,19,24,28,37H,11-12,17-18H2,1H3,(H,38,43). The number of fused-ring (bicyclic) bond motifs is 1. The number of halogens is 2. The van der Waals surface area contributed by atoms with Gasteiger partial charge in [0.25, 0.3) is 0 Å². The Kier molecular flexibility index (Phi) is 7.96. The van der Waals surface area contributed by atoms with Gasteiger partial charge in [0.1, 0.15) is 24.6 Å². The van der Waals surface area contributed by atoms with Crippen LogP contribution in [-0.4, -0.2) is 66.0 Å². The fourth-order valence-corrected chi connectivity index (χ4v) is 5.57. The van der Waals surface area contributed by atoms with Gasteiger partial charge >= 0.3 is 0 Å². The summed E-state index contributed by atoms with van der Waals surface area (Å²) in [4.78, 5) is 48.7. The van der Waals surface area contributed by atoms with Crippen molar-refractivity contribution in [3.63, 3.8) is 0 Å². The highest BCUT2D eigenvalue weighted by atomic mass is 35.5. The second kappa shape index (κ2) is 12.0. The maximum Gasteiger partial charge on any atom is 0.245 e. The van der Waals surface area contributed by atoms with E-state index in [4.69, 9.17) is 11.6 Å². The summed E-state index contributed by atoms with van der Waals surface area (Å²) in [5.74, 6) is -1.13. The van der Waals surface area contributed by atoms with Crippen molar-refractivity contribution in [1.82, 2.24) is 30.0 Å². The van der Waals surface area contributed by atoms with E-state index in [2.05, 4.69) is 25.7 Å². The lowest BCUT2D eigenvalue weighted by Gasteiger charge is -2.32. The normalized spacial score (nSPS) is 19.3. The molecule has 2 unspecified atom stereocenters. The van der Waals surface area contributed by atoms with Crippen molar-refractivity contribution in [2.45, 2.75) is 43.5 Å². The van der Waals surface area contributed by atoms with Gasteiger partial charge in [0.15, 0.2) is 5.78 Å². The van der Waals surface area contributed by atoms with Gasteiger partial charge in [0, 0.05) is 29.6 Å². The summed E-state index contributed by atoms with van der Waals surface area (Å²) in [6, 6.07) is 13.0. The van der Waals surface area contributed by atoms with E-state index < -0.39 is 17.1 Å². The van der Waals surface area contributed by atoms with Crippen molar-refractivity contribution in [3.8, 4) is 0 Å². The molecule has 4 aromatic rings. The molecule has 44 heavy (non-hydrogen) atoms. The molecule has 0 aliphatic heterocycles. The fourth-order valence-electron chi connectivity index (χ4n) is 5.28. The zero-order valence-electron chi connectivity index (χ0n) is 23.8. The third-order valence-electron chi connectivity index (χ3n) is 7.56. The fraction of sp³-hybridized carbons (Fsp3) is 0.250. The van der Waals surface area contributed by atoms with E-state index in [1.807, 2.05) is 6.07 Å². The van der Waals surface area contributed by atoms with Crippen molar-refractivity contribution in [2.75, 3.05) is 11.9 Å². The van der Waals surface area contributed by atoms with Crippen LogP contribution in [0.25, 0.3) is 16.5 Å². The van der Waals surface area contributed by atoms with Crippen molar-refractivity contribution in [2.24, 2.45) is 0 Å². The third kappa shape index (κ3) is 6.09. The summed E-state index contributed by atoms with van der Waals surface area (Å²) in [5.41, 5.74) is 3.04. The number of Topliss-reactive ketones (excluding diaryl/α,β-unsaturated/α-hetero) is 1. The topological polar surface area (TPSA) is 122 Å². The highest BCUT2D eigenvalue weighted by Crippen LogP contribution is 2.40. The number of ketones is 1. The highest BCUT2D eigenvalue weighted by Gasteiger charge is 2.43. The summed E-state index contributed by atoms with van der Waals surface area (Å²) in [6.07, 6.45) is 10.9. The highest BCUT2D eigenvalue weighted by molar-refractivity contribution is 6.30. The maximum atomic E-state index is 15.9. The van der Waals surface area contributed by atoms with Gasteiger partial charge in [0.2, 0.25) is 16.9 Å². The van der Waals surface area contributed by atoms with Crippen LogP contribution in [0.1, 0.15) is 35.8 Å². The van der Waals surface area contributed by atoms with Crippen LogP contribution in [0.2, 0.25) is 0 Å². The number of carbonyl (C=O) groups excluding carboxylic acids is 3. The van der Waals surface area contributed by atoms with Gasteiger partial charge in [0.05, 0.1) is 30.1 Å². The minimum atomic E-state index is -2.38. The summed E-state index contributed by atoms with van der Waals surface area (Å²) in [7, 11) is 0. The molecule has 0 radical (unpaired) electrons. The van der Waals surface area contributed by atoms with E-state index in [0.717, 1.165) is 12.8 Å². The second-order valence-corrected chi connectivity index (χ2v) is 11.3. The first-order chi connectivity index (χ1) is 21.2. The summed E-state index contributed by atoms with van der Waals surface area (Å²) in [6.45, 7) is 0.969. The monoisotopic (exact) mass is 613 g/mol. The molecule has 2 heterocycles.